The third-order valence-electron chi connectivity index (χ3n) is 4.95. The van der Waals surface area contributed by atoms with Gasteiger partial charge in [-0.3, -0.25) is 4.79 Å². The van der Waals surface area contributed by atoms with Crippen LogP contribution in [0.15, 0.2) is 65.3 Å². The quantitative estimate of drug-likeness (QED) is 0.762. The molecule has 138 valence electrons. The third kappa shape index (κ3) is 4.06. The summed E-state index contributed by atoms with van der Waals surface area (Å²) in [5.41, 5.74) is 2.22. The highest BCUT2D eigenvalue weighted by Gasteiger charge is 2.34. The molecule has 2 fully saturated rings. The number of anilines is 1. The molecule has 0 aromatic heterocycles. The lowest BCUT2D eigenvalue weighted by Gasteiger charge is -2.21. The first kappa shape index (κ1) is 17.8. The molecule has 1 heterocycles. The lowest BCUT2D eigenvalue weighted by atomic mass is 9.96. The molecule has 1 aliphatic heterocycles. The van der Waals surface area contributed by atoms with Crippen LogP contribution in [0.2, 0.25) is 5.02 Å². The lowest BCUT2D eigenvalue weighted by Crippen LogP contribution is -2.34. The predicted molar refractivity (Wildman–Crippen MR) is 111 cm³/mol. The van der Waals surface area contributed by atoms with Crippen molar-refractivity contribution in [1.82, 2.24) is 5.32 Å². The van der Waals surface area contributed by atoms with Crippen LogP contribution in [-0.2, 0) is 4.79 Å². The number of hydrogen-bond acceptors (Lipinski definition) is 2. The molecular formula is C22H22ClN3O. The topological polar surface area (TPSA) is 44.7 Å². The van der Waals surface area contributed by atoms with Gasteiger partial charge in [-0.25, -0.2) is 9.89 Å². The number of carbonyl (C=O) groups excluding carboxylic acids is 1. The van der Waals surface area contributed by atoms with Crippen molar-refractivity contribution >= 4 is 35.2 Å². The molecule has 2 aromatic carbocycles. The van der Waals surface area contributed by atoms with E-state index in [1.54, 1.807) is 17.0 Å². The van der Waals surface area contributed by atoms with E-state index in [-0.39, 0.29) is 11.9 Å². The van der Waals surface area contributed by atoms with Crippen LogP contribution in [0.5, 0.6) is 0 Å². The molecule has 1 N–H and O–H groups in total. The number of carbonyl (C=O) groups is 1. The van der Waals surface area contributed by atoms with Gasteiger partial charge in [0.1, 0.15) is 5.70 Å². The number of nitrogens with one attached hydrogen (secondary N) is 1. The van der Waals surface area contributed by atoms with Gasteiger partial charge in [-0.05, 0) is 42.7 Å². The zero-order chi connectivity index (χ0) is 18.6. The van der Waals surface area contributed by atoms with E-state index in [1.807, 2.05) is 48.5 Å². The Morgan fingerprint density at radius 2 is 1.81 bits per heavy atom. The number of aliphatic imine (C=N–C) groups is 1. The monoisotopic (exact) mass is 379 g/mol. The maximum absolute atomic E-state index is 13.1. The molecule has 1 saturated heterocycles. The fourth-order valence-corrected chi connectivity index (χ4v) is 3.77. The van der Waals surface area contributed by atoms with Crippen molar-refractivity contribution in [3.05, 3.63) is 70.9 Å². The Balaban J connectivity index is 1.71. The van der Waals surface area contributed by atoms with Gasteiger partial charge in [0.15, 0.2) is 0 Å². The van der Waals surface area contributed by atoms with Crippen LogP contribution in [0.3, 0.4) is 0 Å². The van der Waals surface area contributed by atoms with Crippen LogP contribution in [0.4, 0.5) is 5.69 Å². The van der Waals surface area contributed by atoms with Crippen molar-refractivity contribution in [2.75, 3.05) is 4.90 Å². The predicted octanol–water partition coefficient (Wildman–Crippen LogP) is 5.01. The second-order valence-electron chi connectivity index (χ2n) is 6.96. The zero-order valence-electron chi connectivity index (χ0n) is 15.1. The van der Waals surface area contributed by atoms with Crippen molar-refractivity contribution in [2.45, 2.75) is 38.1 Å². The highest BCUT2D eigenvalue weighted by Crippen LogP contribution is 2.27. The molecule has 0 bridgehead atoms. The maximum atomic E-state index is 13.1. The van der Waals surface area contributed by atoms with Crippen LogP contribution in [0, 0.1) is 0 Å². The normalized spacial score (nSPS) is 21.1. The molecule has 1 amide bonds. The summed E-state index contributed by atoms with van der Waals surface area (Å²) < 4.78 is 0. The average Bonchev–Trinajstić information content (AvgIpc) is 2.98. The number of rotatable bonds is 3. The molecule has 0 spiro atoms. The standard InChI is InChI=1S/C22H22ClN3O/c23-17-10-7-13-19(15-17)26-21(27)20(14-16-8-3-1-4-9-16)25-22(26)24-18-11-5-2-6-12-18/h1,3-4,7-10,13-15,18H,2,5-6,11-12H2,(H,24,25)/b20-14-. The summed E-state index contributed by atoms with van der Waals surface area (Å²) in [6.45, 7) is 0. The van der Waals surface area contributed by atoms with Gasteiger partial charge in [0.05, 0.1) is 11.7 Å². The minimum absolute atomic E-state index is 0.115. The second-order valence-corrected chi connectivity index (χ2v) is 7.40. The van der Waals surface area contributed by atoms with Crippen molar-refractivity contribution in [3.63, 3.8) is 0 Å². The summed E-state index contributed by atoms with van der Waals surface area (Å²) in [6.07, 6.45) is 7.66. The van der Waals surface area contributed by atoms with E-state index < -0.39 is 0 Å². The number of nitrogens with zero attached hydrogens (tertiary/aromatic N) is 2. The fourth-order valence-electron chi connectivity index (χ4n) is 3.59. The molecule has 4 rings (SSSR count). The van der Waals surface area contributed by atoms with Gasteiger partial charge in [-0.2, -0.15) is 0 Å². The Bertz CT molecular complexity index is 885. The van der Waals surface area contributed by atoms with Crippen LogP contribution in [0.25, 0.3) is 6.08 Å². The Morgan fingerprint density at radius 1 is 1.04 bits per heavy atom. The van der Waals surface area contributed by atoms with Crippen LogP contribution in [0.1, 0.15) is 37.7 Å². The second kappa shape index (κ2) is 7.97. The number of benzene rings is 2. The Hall–Kier alpha value is -2.59. The SMILES string of the molecule is O=C1/C(=C/c2ccccc2)NC(=NC2CCCCC2)N1c1cccc(Cl)c1. The Labute approximate surface area is 164 Å². The van der Waals surface area contributed by atoms with Gasteiger partial charge in [0.25, 0.3) is 5.91 Å². The summed E-state index contributed by atoms with van der Waals surface area (Å²) in [4.78, 5) is 19.7. The molecule has 0 unspecified atom stereocenters. The largest absolute Gasteiger partial charge is 0.321 e. The minimum Gasteiger partial charge on any atom is -0.321 e. The van der Waals surface area contributed by atoms with Gasteiger partial charge in [-0.1, -0.05) is 67.3 Å². The van der Waals surface area contributed by atoms with E-state index in [9.17, 15) is 4.79 Å². The van der Waals surface area contributed by atoms with Crippen LogP contribution in [-0.4, -0.2) is 17.9 Å². The molecule has 0 atom stereocenters. The molecule has 2 aromatic rings. The van der Waals surface area contributed by atoms with E-state index in [0.29, 0.717) is 16.7 Å². The average molecular weight is 380 g/mol. The molecule has 5 heteroatoms. The van der Waals surface area contributed by atoms with E-state index in [0.717, 1.165) is 24.1 Å². The van der Waals surface area contributed by atoms with Crippen LogP contribution < -0.4 is 10.2 Å². The van der Waals surface area contributed by atoms with Gasteiger partial charge in [-0.15, -0.1) is 0 Å². The minimum atomic E-state index is -0.115. The molecule has 1 saturated carbocycles. The molecule has 0 radical (unpaired) electrons. The van der Waals surface area contributed by atoms with E-state index in [2.05, 4.69) is 5.32 Å². The van der Waals surface area contributed by atoms with Crippen molar-refractivity contribution in [1.29, 1.82) is 0 Å². The molecule has 4 nitrogen and oxygen atoms in total. The number of halogens is 1. The maximum Gasteiger partial charge on any atom is 0.281 e. The first-order valence-electron chi connectivity index (χ1n) is 9.42. The van der Waals surface area contributed by atoms with Crippen LogP contribution >= 0.6 is 11.6 Å². The lowest BCUT2D eigenvalue weighted by molar-refractivity contribution is -0.113. The molecule has 1 aliphatic carbocycles. The number of guanidine groups is 1. The van der Waals surface area contributed by atoms with E-state index in [1.165, 1.54) is 19.3 Å². The molecule has 2 aliphatic rings. The highest BCUT2D eigenvalue weighted by atomic mass is 35.5. The van der Waals surface area contributed by atoms with Crippen molar-refractivity contribution in [3.8, 4) is 0 Å². The Morgan fingerprint density at radius 3 is 2.56 bits per heavy atom. The first-order valence-corrected chi connectivity index (χ1v) is 9.80. The number of hydrogen-bond donors (Lipinski definition) is 1. The molecule has 27 heavy (non-hydrogen) atoms. The summed E-state index contributed by atoms with van der Waals surface area (Å²) in [7, 11) is 0. The summed E-state index contributed by atoms with van der Waals surface area (Å²) >= 11 is 6.16. The fraction of sp³-hybridized carbons (Fsp3) is 0.273. The summed E-state index contributed by atoms with van der Waals surface area (Å²) in [6, 6.07) is 17.4. The summed E-state index contributed by atoms with van der Waals surface area (Å²) in [5, 5.41) is 3.84. The van der Waals surface area contributed by atoms with E-state index >= 15 is 0 Å². The van der Waals surface area contributed by atoms with Gasteiger partial charge in [0.2, 0.25) is 5.96 Å². The van der Waals surface area contributed by atoms with E-state index in [4.69, 9.17) is 16.6 Å². The Kier molecular flexibility index (Phi) is 5.26. The highest BCUT2D eigenvalue weighted by molar-refractivity contribution is 6.32. The first-order chi connectivity index (χ1) is 13.2. The van der Waals surface area contributed by atoms with Crippen molar-refractivity contribution in [2.24, 2.45) is 4.99 Å². The van der Waals surface area contributed by atoms with Gasteiger partial charge >= 0.3 is 0 Å². The van der Waals surface area contributed by atoms with Crippen molar-refractivity contribution < 1.29 is 4.79 Å². The van der Waals surface area contributed by atoms with Gasteiger partial charge in [0, 0.05) is 5.02 Å². The number of amides is 1. The zero-order valence-corrected chi connectivity index (χ0v) is 15.8. The third-order valence-corrected chi connectivity index (χ3v) is 5.18. The summed E-state index contributed by atoms with van der Waals surface area (Å²) in [5.74, 6) is 0.479. The molecular weight excluding hydrogens is 358 g/mol. The van der Waals surface area contributed by atoms with Gasteiger partial charge < -0.3 is 5.32 Å². The smallest absolute Gasteiger partial charge is 0.281 e.